The summed E-state index contributed by atoms with van der Waals surface area (Å²) in [5, 5.41) is 0.534. The summed E-state index contributed by atoms with van der Waals surface area (Å²) in [5.41, 5.74) is 12.2. The normalized spacial score (nSPS) is 13.8. The first-order valence-electron chi connectivity index (χ1n) is 12.3. The Bertz CT molecular complexity index is 1400. The molecule has 4 heterocycles. The van der Waals surface area contributed by atoms with E-state index in [9.17, 15) is 0 Å². The van der Waals surface area contributed by atoms with Crippen LogP contribution in [-0.2, 0) is 19.5 Å². The van der Waals surface area contributed by atoms with Crippen molar-refractivity contribution in [2.24, 2.45) is 5.92 Å². The van der Waals surface area contributed by atoms with E-state index < -0.39 is 0 Å². The topological polar surface area (TPSA) is 93.3 Å². The lowest BCUT2D eigenvalue weighted by atomic mass is 10.0. The zero-order chi connectivity index (χ0) is 25.4. The fourth-order valence-corrected chi connectivity index (χ4v) is 5.31. The molecule has 0 radical (unpaired) electrons. The Morgan fingerprint density at radius 3 is 2.75 bits per heavy atom. The third-order valence-corrected chi connectivity index (χ3v) is 7.05. The van der Waals surface area contributed by atoms with E-state index in [4.69, 9.17) is 20.4 Å². The molecule has 8 nitrogen and oxygen atoms in total. The van der Waals surface area contributed by atoms with Gasteiger partial charge >= 0.3 is 0 Å². The first-order valence-corrected chi connectivity index (χ1v) is 13.1. The van der Waals surface area contributed by atoms with Crippen molar-refractivity contribution in [1.29, 1.82) is 0 Å². The molecule has 0 saturated carbocycles. The number of thiazole rings is 1. The van der Waals surface area contributed by atoms with Crippen molar-refractivity contribution >= 4 is 32.6 Å². The number of nitrogens with zero attached hydrogens (tertiary/aromatic N) is 6. The predicted octanol–water partition coefficient (Wildman–Crippen LogP) is 4.70. The number of benzene rings is 1. The summed E-state index contributed by atoms with van der Waals surface area (Å²) in [5.74, 6) is 3.30. The van der Waals surface area contributed by atoms with Gasteiger partial charge in [-0.15, -0.1) is 0 Å². The predicted molar refractivity (Wildman–Crippen MR) is 147 cm³/mol. The molecule has 0 fully saturated rings. The summed E-state index contributed by atoms with van der Waals surface area (Å²) in [6.07, 6.45) is 2.83. The molecular formula is C27H33N7OS. The van der Waals surface area contributed by atoms with Crippen molar-refractivity contribution in [2.45, 2.75) is 40.3 Å². The summed E-state index contributed by atoms with van der Waals surface area (Å²) in [7, 11) is 4.09. The van der Waals surface area contributed by atoms with Gasteiger partial charge in [0.15, 0.2) is 5.13 Å². The molecule has 1 aromatic carbocycles. The second-order valence-electron chi connectivity index (χ2n) is 10.1. The van der Waals surface area contributed by atoms with Gasteiger partial charge in [-0.05, 0) is 57.1 Å². The van der Waals surface area contributed by atoms with Gasteiger partial charge in [0.1, 0.15) is 34.3 Å². The summed E-state index contributed by atoms with van der Waals surface area (Å²) in [4.78, 5) is 24.2. The van der Waals surface area contributed by atoms with E-state index in [1.54, 1.807) is 0 Å². The third-order valence-electron chi connectivity index (χ3n) is 6.25. The van der Waals surface area contributed by atoms with Crippen LogP contribution in [0.1, 0.15) is 36.5 Å². The molecule has 2 N–H and O–H groups in total. The molecule has 0 bridgehead atoms. The second-order valence-corrected chi connectivity index (χ2v) is 11.1. The van der Waals surface area contributed by atoms with Crippen LogP contribution < -0.4 is 15.4 Å². The lowest BCUT2D eigenvalue weighted by molar-refractivity contribution is 0.331. The zero-order valence-electron chi connectivity index (χ0n) is 21.6. The number of hydrogen-bond donors (Lipinski definition) is 1. The van der Waals surface area contributed by atoms with E-state index in [1.807, 2.05) is 26.4 Å². The third kappa shape index (κ3) is 5.12. The highest BCUT2D eigenvalue weighted by Gasteiger charge is 2.23. The Morgan fingerprint density at radius 1 is 1.14 bits per heavy atom. The van der Waals surface area contributed by atoms with Crippen molar-refractivity contribution in [3.8, 4) is 16.9 Å². The van der Waals surface area contributed by atoms with E-state index in [2.05, 4.69) is 58.7 Å². The smallest absolute Gasteiger partial charge is 0.182 e. The highest BCUT2D eigenvalue weighted by atomic mass is 32.1. The minimum absolute atomic E-state index is 0.509. The average Bonchev–Trinajstić information content (AvgIpc) is 3.05. The fraction of sp³-hybridized carbons (Fsp3) is 0.407. The molecule has 4 aromatic rings. The van der Waals surface area contributed by atoms with Crippen LogP contribution in [0.25, 0.3) is 21.5 Å². The molecule has 36 heavy (non-hydrogen) atoms. The number of ether oxygens (including phenoxy) is 1. The lowest BCUT2D eigenvalue weighted by Crippen LogP contribution is -2.29. The van der Waals surface area contributed by atoms with E-state index in [0.29, 0.717) is 30.7 Å². The van der Waals surface area contributed by atoms with Crippen molar-refractivity contribution in [1.82, 2.24) is 24.8 Å². The number of nitrogens with two attached hydrogens (primary N) is 1. The van der Waals surface area contributed by atoms with Crippen LogP contribution in [-0.4, -0.2) is 52.1 Å². The number of fused-ring (bicyclic) bond motifs is 2. The molecule has 5 rings (SSSR count). The lowest BCUT2D eigenvalue weighted by Gasteiger charge is -2.26. The molecule has 0 atom stereocenters. The standard InChI is InChI=1S/C27H33N7OS/c1-16(2)10-21-17(3)30-24(15-33(4)5)32-25(21)34-8-9-35-23-7-6-18(11-20(23)14-34)19-12-22-26(29-13-19)36-27(28)31-22/h6-7,11-13,16H,8-10,14-15H2,1-5H3,(H2,28,31). The zero-order valence-corrected chi connectivity index (χ0v) is 22.4. The van der Waals surface area contributed by atoms with Crippen LogP contribution in [0.2, 0.25) is 0 Å². The Kier molecular flexibility index (Phi) is 6.77. The van der Waals surface area contributed by atoms with Gasteiger partial charge in [0, 0.05) is 35.1 Å². The number of rotatable bonds is 6. The highest BCUT2D eigenvalue weighted by molar-refractivity contribution is 7.21. The summed E-state index contributed by atoms with van der Waals surface area (Å²) < 4.78 is 6.17. The summed E-state index contributed by atoms with van der Waals surface area (Å²) in [6, 6.07) is 8.39. The van der Waals surface area contributed by atoms with Gasteiger partial charge in [-0.3, -0.25) is 0 Å². The van der Waals surface area contributed by atoms with Crippen molar-refractivity contribution < 1.29 is 4.74 Å². The van der Waals surface area contributed by atoms with Gasteiger partial charge in [-0.1, -0.05) is 31.3 Å². The molecule has 0 amide bonds. The molecule has 1 aliphatic heterocycles. The van der Waals surface area contributed by atoms with Crippen LogP contribution in [0.4, 0.5) is 10.9 Å². The Labute approximate surface area is 216 Å². The Hall–Kier alpha value is -3.30. The molecular weight excluding hydrogens is 470 g/mol. The molecule has 0 unspecified atom stereocenters. The Morgan fingerprint density at radius 2 is 1.97 bits per heavy atom. The van der Waals surface area contributed by atoms with Crippen LogP contribution in [0, 0.1) is 12.8 Å². The SMILES string of the molecule is Cc1nc(CN(C)C)nc(N2CCOc3ccc(-c4cnc5sc(N)nc5c4)cc3C2)c1CC(C)C. The van der Waals surface area contributed by atoms with Crippen LogP contribution in [0.5, 0.6) is 5.75 Å². The maximum Gasteiger partial charge on any atom is 0.182 e. The molecule has 9 heteroatoms. The maximum absolute atomic E-state index is 6.17. The number of nitrogen functional groups attached to an aromatic ring is 1. The second kappa shape index (κ2) is 9.99. The van der Waals surface area contributed by atoms with E-state index in [0.717, 1.165) is 63.1 Å². The van der Waals surface area contributed by atoms with Crippen molar-refractivity contribution in [3.63, 3.8) is 0 Å². The van der Waals surface area contributed by atoms with E-state index in [1.165, 1.54) is 16.9 Å². The maximum atomic E-state index is 6.17. The molecule has 0 saturated heterocycles. The minimum Gasteiger partial charge on any atom is -0.491 e. The first kappa shape index (κ1) is 24.4. The minimum atomic E-state index is 0.509. The van der Waals surface area contributed by atoms with Gasteiger partial charge < -0.3 is 20.3 Å². The molecule has 0 aliphatic carbocycles. The molecule has 0 spiro atoms. The van der Waals surface area contributed by atoms with Crippen molar-refractivity contribution in [3.05, 3.63) is 53.1 Å². The molecule has 3 aromatic heterocycles. The van der Waals surface area contributed by atoms with E-state index in [-0.39, 0.29) is 0 Å². The van der Waals surface area contributed by atoms with Gasteiger partial charge in [0.2, 0.25) is 0 Å². The van der Waals surface area contributed by atoms with Gasteiger partial charge in [-0.2, -0.15) is 0 Å². The van der Waals surface area contributed by atoms with Gasteiger partial charge in [-0.25, -0.2) is 19.9 Å². The number of aromatic nitrogens is 4. The van der Waals surface area contributed by atoms with Gasteiger partial charge in [0.05, 0.1) is 13.1 Å². The molecule has 1 aliphatic rings. The van der Waals surface area contributed by atoms with Crippen LogP contribution in [0.3, 0.4) is 0 Å². The Balaban J connectivity index is 1.52. The van der Waals surface area contributed by atoms with Crippen LogP contribution >= 0.6 is 11.3 Å². The van der Waals surface area contributed by atoms with Crippen molar-refractivity contribution in [2.75, 3.05) is 37.9 Å². The average molecular weight is 504 g/mol. The highest BCUT2D eigenvalue weighted by Crippen LogP contribution is 2.34. The summed E-state index contributed by atoms with van der Waals surface area (Å²) >= 11 is 1.40. The quantitative estimate of drug-likeness (QED) is 0.405. The number of hydrogen-bond acceptors (Lipinski definition) is 9. The largest absolute Gasteiger partial charge is 0.491 e. The number of pyridine rings is 1. The number of anilines is 2. The van der Waals surface area contributed by atoms with Crippen LogP contribution in [0.15, 0.2) is 30.5 Å². The number of aryl methyl sites for hydroxylation is 1. The fourth-order valence-electron chi connectivity index (χ4n) is 4.65. The summed E-state index contributed by atoms with van der Waals surface area (Å²) in [6.45, 7) is 9.37. The van der Waals surface area contributed by atoms with E-state index >= 15 is 0 Å². The van der Waals surface area contributed by atoms with Gasteiger partial charge in [0.25, 0.3) is 0 Å². The molecule has 188 valence electrons. The monoisotopic (exact) mass is 503 g/mol. The first-order chi connectivity index (χ1) is 17.3.